The summed E-state index contributed by atoms with van der Waals surface area (Å²) in [6.45, 7) is 1.06. The highest BCUT2D eigenvalue weighted by molar-refractivity contribution is 6.31. The van der Waals surface area contributed by atoms with Gasteiger partial charge in [-0.2, -0.15) is 26.3 Å². The summed E-state index contributed by atoms with van der Waals surface area (Å²) in [5.74, 6) is -18.8. The quantitative estimate of drug-likeness (QED) is 0.497. The Hall–Kier alpha value is -2.15. The molecule has 26 heavy (non-hydrogen) atoms. The highest BCUT2D eigenvalue weighted by atomic mass is 35.5. The first-order valence-corrected chi connectivity index (χ1v) is 7.88. The van der Waals surface area contributed by atoms with E-state index in [0.717, 1.165) is 18.9 Å². The largest absolute Gasteiger partial charge is 0.451 e. The van der Waals surface area contributed by atoms with Crippen LogP contribution >= 0.6 is 11.6 Å². The van der Waals surface area contributed by atoms with Crippen molar-refractivity contribution in [1.82, 2.24) is 0 Å². The van der Waals surface area contributed by atoms with Crippen molar-refractivity contribution in [1.29, 1.82) is 5.39 Å². The Kier molecular flexibility index (Phi) is 4.26. The van der Waals surface area contributed by atoms with Gasteiger partial charge in [0.2, 0.25) is 11.2 Å². The molecule has 3 rings (SSSR count). The molecule has 1 saturated heterocycles. The topological polar surface area (TPSA) is 40.6 Å². The van der Waals surface area contributed by atoms with E-state index in [-0.39, 0.29) is 11.4 Å². The molecule has 0 bridgehead atoms. The summed E-state index contributed by atoms with van der Waals surface area (Å²) >= 11 is 5.13. The number of benzene rings is 1. The van der Waals surface area contributed by atoms with E-state index in [4.69, 9.17) is 21.7 Å². The second-order valence-electron chi connectivity index (χ2n) is 5.91. The average Bonchev–Trinajstić information content (AvgIpc) is 3.14. The molecule has 0 unspecified atom stereocenters. The molecular weight excluding hydrogens is 388 g/mol. The molecule has 1 aromatic rings. The van der Waals surface area contributed by atoms with Crippen LogP contribution in [0.2, 0.25) is 0 Å². The second-order valence-corrected chi connectivity index (χ2v) is 6.29. The lowest BCUT2D eigenvalue weighted by molar-refractivity contribution is -0.268. The summed E-state index contributed by atoms with van der Waals surface area (Å²) in [5, 5.41) is 6.77. The smallest absolute Gasteiger partial charge is 0.388 e. The molecule has 1 fully saturated rings. The first kappa shape index (κ1) is 18.6. The van der Waals surface area contributed by atoms with E-state index in [2.05, 4.69) is 4.98 Å². The van der Waals surface area contributed by atoms with Crippen molar-refractivity contribution in [3.05, 3.63) is 34.0 Å². The van der Waals surface area contributed by atoms with E-state index in [1.165, 1.54) is 12.1 Å². The van der Waals surface area contributed by atoms with Crippen LogP contribution in [0.25, 0.3) is 4.98 Å². The molecule has 0 saturated carbocycles. The fraction of sp³-hybridized carbons (Fsp3) is 0.467. The molecule has 0 aromatic heterocycles. The predicted octanol–water partition coefficient (Wildman–Crippen LogP) is 5.52. The van der Waals surface area contributed by atoms with Crippen molar-refractivity contribution in [2.24, 2.45) is 0 Å². The lowest BCUT2D eigenvalue weighted by atomic mass is 10.1. The molecular formula is C15H11ClF6N3O+. The Morgan fingerprint density at radius 2 is 1.65 bits per heavy atom. The van der Waals surface area contributed by atoms with E-state index in [9.17, 15) is 26.3 Å². The molecule has 0 spiro atoms. The van der Waals surface area contributed by atoms with Crippen molar-refractivity contribution in [2.75, 3.05) is 18.0 Å². The Morgan fingerprint density at radius 3 is 2.15 bits per heavy atom. The third kappa shape index (κ3) is 2.48. The van der Waals surface area contributed by atoms with Gasteiger partial charge in [0.25, 0.3) is 0 Å². The van der Waals surface area contributed by atoms with Gasteiger partial charge in [-0.15, -0.1) is 0 Å². The first-order chi connectivity index (χ1) is 12.0. The van der Waals surface area contributed by atoms with Gasteiger partial charge in [0.05, 0.1) is 11.8 Å². The van der Waals surface area contributed by atoms with Gasteiger partial charge in [0.1, 0.15) is 5.03 Å². The summed E-state index contributed by atoms with van der Waals surface area (Å²) in [6, 6.07) is 3.65. The van der Waals surface area contributed by atoms with E-state index in [0.29, 0.717) is 13.1 Å². The standard InChI is InChI=1S/C15H11ClF6N3O/c16-11-12(14(19,20)15(21,22)13(11,17)18)26-10-7-8(24-23)3-4-9(10)25-5-1-2-6-25/h3-4,7H,1-2,5-6H2/q+1. The highest BCUT2D eigenvalue weighted by Gasteiger charge is 2.81. The molecule has 1 aliphatic heterocycles. The number of diazo groups is 1. The number of alkyl halides is 6. The Bertz CT molecular complexity index is 814. The number of anilines is 1. The van der Waals surface area contributed by atoms with Gasteiger partial charge in [-0.25, -0.2) is 0 Å². The summed E-state index contributed by atoms with van der Waals surface area (Å²) in [4.78, 5) is 4.56. The first-order valence-electron chi connectivity index (χ1n) is 7.50. The third-order valence-corrected chi connectivity index (χ3v) is 4.68. The Morgan fingerprint density at radius 1 is 1.04 bits per heavy atom. The number of rotatable bonds is 3. The molecule has 1 heterocycles. The monoisotopic (exact) mass is 398 g/mol. The van der Waals surface area contributed by atoms with Gasteiger partial charge in [-0.05, 0) is 18.9 Å². The minimum absolute atomic E-state index is 0.139. The summed E-state index contributed by atoms with van der Waals surface area (Å²) < 4.78 is 86.7. The normalized spacial score (nSPS) is 23.2. The van der Waals surface area contributed by atoms with Crippen LogP contribution in [0.4, 0.5) is 37.7 Å². The van der Waals surface area contributed by atoms with Crippen LogP contribution in [-0.2, 0) is 0 Å². The molecule has 11 heteroatoms. The van der Waals surface area contributed by atoms with Gasteiger partial charge in [0, 0.05) is 19.2 Å². The van der Waals surface area contributed by atoms with Crippen molar-refractivity contribution in [2.45, 2.75) is 30.6 Å². The minimum atomic E-state index is -5.74. The van der Waals surface area contributed by atoms with E-state index < -0.39 is 34.3 Å². The van der Waals surface area contributed by atoms with Crippen LogP contribution < -0.4 is 9.64 Å². The zero-order chi connectivity index (χ0) is 19.3. The summed E-state index contributed by atoms with van der Waals surface area (Å²) in [5.41, 5.74) is 0.0701. The zero-order valence-electron chi connectivity index (χ0n) is 13.0. The number of halogens is 7. The van der Waals surface area contributed by atoms with E-state index in [1.807, 2.05) is 0 Å². The highest BCUT2D eigenvalue weighted by Crippen LogP contribution is 2.60. The van der Waals surface area contributed by atoms with Gasteiger partial charge in [-0.1, -0.05) is 11.6 Å². The van der Waals surface area contributed by atoms with Gasteiger partial charge >= 0.3 is 23.5 Å². The maximum atomic E-state index is 13.9. The number of nitrogens with zero attached hydrogens (tertiary/aromatic N) is 3. The number of hydrogen-bond donors (Lipinski definition) is 0. The molecule has 140 valence electrons. The van der Waals surface area contributed by atoms with Crippen LogP contribution in [0.15, 0.2) is 29.0 Å². The predicted molar refractivity (Wildman–Crippen MR) is 81.0 cm³/mol. The fourth-order valence-corrected chi connectivity index (χ4v) is 3.12. The third-order valence-electron chi connectivity index (χ3n) is 4.27. The lowest BCUT2D eigenvalue weighted by Crippen LogP contribution is -2.49. The molecule has 0 N–H and O–H groups in total. The maximum Gasteiger partial charge on any atom is 0.388 e. The van der Waals surface area contributed by atoms with Crippen LogP contribution in [0.5, 0.6) is 5.75 Å². The second kappa shape index (κ2) is 5.94. The average molecular weight is 399 g/mol. The number of ether oxygens (including phenoxy) is 1. The molecule has 0 amide bonds. The molecule has 1 aliphatic carbocycles. The van der Waals surface area contributed by atoms with Gasteiger partial charge in [-0.3, -0.25) is 0 Å². The van der Waals surface area contributed by atoms with E-state index in [1.54, 1.807) is 4.90 Å². The van der Waals surface area contributed by atoms with Crippen molar-refractivity contribution >= 4 is 23.0 Å². The maximum absolute atomic E-state index is 13.9. The van der Waals surface area contributed by atoms with Crippen molar-refractivity contribution < 1.29 is 31.1 Å². The molecule has 2 aliphatic rings. The summed E-state index contributed by atoms with van der Waals surface area (Å²) in [6.07, 6.45) is 1.59. The van der Waals surface area contributed by atoms with Crippen LogP contribution in [0.3, 0.4) is 0 Å². The Balaban J connectivity index is 2.08. The molecule has 0 radical (unpaired) electrons. The zero-order valence-corrected chi connectivity index (χ0v) is 13.7. The molecule has 4 nitrogen and oxygen atoms in total. The van der Waals surface area contributed by atoms with Crippen molar-refractivity contribution in [3.63, 3.8) is 0 Å². The Labute approximate surface area is 148 Å². The van der Waals surface area contributed by atoms with Crippen LogP contribution in [0, 0.1) is 5.39 Å². The molecule has 1 aromatic carbocycles. The fourth-order valence-electron chi connectivity index (χ4n) is 2.84. The number of allylic oxidation sites excluding steroid dienone is 2. The molecule has 0 atom stereocenters. The minimum Gasteiger partial charge on any atom is -0.451 e. The number of hydrogen-bond acceptors (Lipinski definition) is 3. The SMILES string of the molecule is N#[N+]c1ccc(N2CCCC2)c(OC2=C(Cl)C(F)(F)C(F)(F)C2(F)F)c1. The van der Waals surface area contributed by atoms with Crippen LogP contribution in [-0.4, -0.2) is 30.9 Å². The van der Waals surface area contributed by atoms with E-state index >= 15 is 0 Å². The van der Waals surface area contributed by atoms with Gasteiger partial charge in [0.15, 0.2) is 10.7 Å². The lowest BCUT2D eigenvalue weighted by Gasteiger charge is -2.25. The summed E-state index contributed by atoms with van der Waals surface area (Å²) in [7, 11) is 0. The van der Waals surface area contributed by atoms with Gasteiger partial charge < -0.3 is 9.64 Å². The van der Waals surface area contributed by atoms with Crippen molar-refractivity contribution in [3.8, 4) is 5.75 Å². The van der Waals surface area contributed by atoms with Crippen LogP contribution in [0.1, 0.15) is 12.8 Å².